The number of aryl methyl sites for hydroxylation is 1. The maximum Gasteiger partial charge on any atom is 0.265 e. The lowest BCUT2D eigenvalue weighted by atomic mass is 9.97. The molecule has 2 heterocycles. The minimum Gasteiger partial charge on any atom is -0.478 e. The van der Waals surface area contributed by atoms with E-state index in [-0.39, 0.29) is 35.7 Å². The highest BCUT2D eigenvalue weighted by Crippen LogP contribution is 2.34. The summed E-state index contributed by atoms with van der Waals surface area (Å²) >= 11 is 5.97. The predicted octanol–water partition coefficient (Wildman–Crippen LogP) is 3.80. The Morgan fingerprint density at radius 3 is 2.61 bits per heavy atom. The summed E-state index contributed by atoms with van der Waals surface area (Å²) in [4.78, 5) is 24.9. The fraction of sp³-hybridized carbons (Fsp3) is 0.391. The van der Waals surface area contributed by atoms with Gasteiger partial charge in [-0.05, 0) is 68.1 Å². The summed E-state index contributed by atoms with van der Waals surface area (Å²) in [5.74, 6) is -0.249. The van der Waals surface area contributed by atoms with E-state index in [0.29, 0.717) is 41.4 Å². The van der Waals surface area contributed by atoms with E-state index in [1.807, 2.05) is 13.8 Å². The van der Waals surface area contributed by atoms with Crippen molar-refractivity contribution in [3.05, 3.63) is 47.0 Å². The second-order valence-electron chi connectivity index (χ2n) is 8.29. The predicted molar refractivity (Wildman–Crippen MR) is 126 cm³/mol. The molecule has 0 saturated carbocycles. The van der Waals surface area contributed by atoms with Gasteiger partial charge < -0.3 is 15.4 Å². The molecule has 0 unspecified atom stereocenters. The topological polar surface area (TPSA) is 105 Å². The van der Waals surface area contributed by atoms with Crippen LogP contribution in [0.3, 0.4) is 0 Å². The van der Waals surface area contributed by atoms with E-state index in [4.69, 9.17) is 16.3 Å². The fourth-order valence-corrected chi connectivity index (χ4v) is 5.79. The number of amides is 2. The van der Waals surface area contributed by atoms with Crippen molar-refractivity contribution < 1.29 is 22.7 Å². The average molecular weight is 492 g/mol. The quantitative estimate of drug-likeness (QED) is 0.662. The number of carbonyl (C=O) groups excluding carboxylic acids is 2. The van der Waals surface area contributed by atoms with Crippen LogP contribution in [0.4, 0.5) is 11.4 Å². The van der Waals surface area contributed by atoms with Gasteiger partial charge in [0, 0.05) is 29.7 Å². The highest BCUT2D eigenvalue weighted by Gasteiger charge is 2.34. The summed E-state index contributed by atoms with van der Waals surface area (Å²) in [5, 5.41) is 6.24. The summed E-state index contributed by atoms with van der Waals surface area (Å²) < 4.78 is 33.4. The molecule has 8 nitrogen and oxygen atoms in total. The van der Waals surface area contributed by atoms with Crippen molar-refractivity contribution >= 4 is 44.8 Å². The van der Waals surface area contributed by atoms with Crippen molar-refractivity contribution in [1.29, 1.82) is 0 Å². The number of benzene rings is 2. The Hall–Kier alpha value is -2.62. The first kappa shape index (κ1) is 23.5. The smallest absolute Gasteiger partial charge is 0.265 e. The average Bonchev–Trinajstić information content (AvgIpc) is 2.80. The van der Waals surface area contributed by atoms with Gasteiger partial charge >= 0.3 is 0 Å². The van der Waals surface area contributed by atoms with Crippen molar-refractivity contribution in [3.8, 4) is 5.75 Å². The molecule has 2 aliphatic rings. The number of nitrogens with zero attached hydrogens (tertiary/aromatic N) is 1. The Labute approximate surface area is 198 Å². The third-order valence-electron chi connectivity index (χ3n) is 6.05. The van der Waals surface area contributed by atoms with Gasteiger partial charge in [0.15, 0.2) is 6.10 Å². The first-order chi connectivity index (χ1) is 15.7. The maximum absolute atomic E-state index is 13.2. The van der Waals surface area contributed by atoms with Crippen LogP contribution < -0.4 is 15.4 Å². The number of hydrogen-bond donors (Lipinski definition) is 2. The second kappa shape index (κ2) is 9.32. The molecule has 0 aliphatic carbocycles. The van der Waals surface area contributed by atoms with Crippen LogP contribution in [0.15, 0.2) is 41.3 Å². The molecule has 176 valence electrons. The zero-order chi connectivity index (χ0) is 23.8. The van der Waals surface area contributed by atoms with E-state index in [1.54, 1.807) is 24.3 Å². The second-order valence-corrected chi connectivity index (χ2v) is 10.7. The van der Waals surface area contributed by atoms with Crippen LogP contribution in [0, 0.1) is 12.8 Å². The van der Waals surface area contributed by atoms with Gasteiger partial charge in [-0.15, -0.1) is 0 Å². The molecule has 1 atom stereocenters. The van der Waals surface area contributed by atoms with Crippen molar-refractivity contribution in [2.75, 3.05) is 23.7 Å². The molecule has 2 aliphatic heterocycles. The van der Waals surface area contributed by atoms with Crippen molar-refractivity contribution in [2.24, 2.45) is 5.92 Å². The van der Waals surface area contributed by atoms with Gasteiger partial charge in [0.25, 0.3) is 5.91 Å². The van der Waals surface area contributed by atoms with Crippen LogP contribution in [0.2, 0.25) is 5.02 Å². The van der Waals surface area contributed by atoms with E-state index in [1.165, 1.54) is 16.4 Å². The van der Waals surface area contributed by atoms with Gasteiger partial charge in [0.2, 0.25) is 15.9 Å². The standard InChI is InChI=1S/C23H26ClN3O5S/c1-3-20-23(29)26-19-13-17(5-7-21(19)32-20)33(30,31)27-10-8-15(9-11-27)22(28)25-18-6-4-16(24)12-14(18)2/h4-7,12-13,15,20H,3,8-11H2,1-2H3,(H,25,28)(H,26,29)/t20-/m1/s1. The van der Waals surface area contributed by atoms with Crippen LogP contribution in [-0.2, 0) is 19.6 Å². The lowest BCUT2D eigenvalue weighted by Gasteiger charge is -2.31. The molecule has 2 aromatic rings. The van der Waals surface area contributed by atoms with E-state index < -0.39 is 16.1 Å². The third-order valence-corrected chi connectivity index (χ3v) is 8.18. The van der Waals surface area contributed by atoms with Crippen LogP contribution >= 0.6 is 11.6 Å². The molecular weight excluding hydrogens is 466 g/mol. The number of halogens is 1. The molecule has 0 radical (unpaired) electrons. The van der Waals surface area contributed by atoms with Crippen LogP contribution in [0.25, 0.3) is 0 Å². The van der Waals surface area contributed by atoms with Crippen molar-refractivity contribution in [1.82, 2.24) is 4.31 Å². The zero-order valence-electron chi connectivity index (χ0n) is 18.4. The number of carbonyl (C=O) groups is 2. The monoisotopic (exact) mass is 491 g/mol. The minimum atomic E-state index is -3.77. The molecule has 2 N–H and O–H groups in total. The molecule has 2 aromatic carbocycles. The lowest BCUT2D eigenvalue weighted by molar-refractivity contribution is -0.123. The molecule has 10 heteroatoms. The summed E-state index contributed by atoms with van der Waals surface area (Å²) in [6.07, 6.45) is 0.772. The van der Waals surface area contributed by atoms with E-state index in [2.05, 4.69) is 10.6 Å². The maximum atomic E-state index is 13.2. The summed E-state index contributed by atoms with van der Waals surface area (Å²) in [7, 11) is -3.77. The molecule has 0 bridgehead atoms. The third kappa shape index (κ3) is 4.85. The first-order valence-corrected chi connectivity index (χ1v) is 12.7. The Balaban J connectivity index is 1.41. The van der Waals surface area contributed by atoms with Gasteiger partial charge in [-0.2, -0.15) is 4.31 Å². The number of ether oxygens (including phenoxy) is 1. The normalized spacial score (nSPS) is 19.4. The number of rotatable bonds is 5. The highest BCUT2D eigenvalue weighted by atomic mass is 35.5. The summed E-state index contributed by atoms with van der Waals surface area (Å²) in [6, 6.07) is 9.74. The van der Waals surface area contributed by atoms with Gasteiger partial charge in [-0.3, -0.25) is 9.59 Å². The number of sulfonamides is 1. The Morgan fingerprint density at radius 2 is 1.94 bits per heavy atom. The number of nitrogens with one attached hydrogen (secondary N) is 2. The van der Waals surface area contributed by atoms with E-state index in [0.717, 1.165) is 5.56 Å². The van der Waals surface area contributed by atoms with E-state index in [9.17, 15) is 18.0 Å². The summed E-state index contributed by atoms with van der Waals surface area (Å²) in [6.45, 7) is 4.18. The number of fused-ring (bicyclic) bond motifs is 1. The molecular formula is C23H26ClN3O5S. The number of piperidine rings is 1. The molecule has 4 rings (SSSR count). The minimum absolute atomic E-state index is 0.0831. The van der Waals surface area contributed by atoms with Crippen LogP contribution in [0.1, 0.15) is 31.7 Å². The lowest BCUT2D eigenvalue weighted by Crippen LogP contribution is -2.41. The largest absolute Gasteiger partial charge is 0.478 e. The number of anilines is 2. The van der Waals surface area contributed by atoms with Gasteiger partial charge in [0.05, 0.1) is 10.6 Å². The number of hydrogen-bond acceptors (Lipinski definition) is 5. The molecule has 2 amide bonds. The molecule has 0 spiro atoms. The Bertz CT molecular complexity index is 1190. The van der Waals surface area contributed by atoms with Crippen molar-refractivity contribution in [2.45, 2.75) is 44.1 Å². The van der Waals surface area contributed by atoms with Gasteiger partial charge in [-0.25, -0.2) is 8.42 Å². The van der Waals surface area contributed by atoms with E-state index >= 15 is 0 Å². The molecule has 1 saturated heterocycles. The fourth-order valence-electron chi connectivity index (χ4n) is 4.07. The van der Waals surface area contributed by atoms with Crippen LogP contribution in [0.5, 0.6) is 5.75 Å². The Morgan fingerprint density at radius 1 is 1.21 bits per heavy atom. The van der Waals surface area contributed by atoms with Crippen LogP contribution in [-0.4, -0.2) is 43.7 Å². The Kier molecular flexibility index (Phi) is 6.65. The zero-order valence-corrected chi connectivity index (χ0v) is 20.0. The van der Waals surface area contributed by atoms with Crippen molar-refractivity contribution in [3.63, 3.8) is 0 Å². The first-order valence-electron chi connectivity index (χ1n) is 10.9. The van der Waals surface area contributed by atoms with Gasteiger partial charge in [-0.1, -0.05) is 18.5 Å². The summed E-state index contributed by atoms with van der Waals surface area (Å²) in [5.41, 5.74) is 1.91. The molecule has 33 heavy (non-hydrogen) atoms. The highest BCUT2D eigenvalue weighted by molar-refractivity contribution is 7.89. The SMILES string of the molecule is CC[C@H]1Oc2ccc(S(=O)(=O)N3CCC(C(=O)Nc4ccc(Cl)cc4C)CC3)cc2NC1=O. The molecule has 0 aromatic heterocycles. The van der Waals surface area contributed by atoms with Gasteiger partial charge in [0.1, 0.15) is 5.75 Å². The molecule has 1 fully saturated rings.